The zero-order valence-corrected chi connectivity index (χ0v) is 13.9. The maximum atomic E-state index is 5.90. The van der Waals surface area contributed by atoms with Gasteiger partial charge in [-0.1, -0.05) is 45.2 Å². The summed E-state index contributed by atoms with van der Waals surface area (Å²) in [6.07, 6.45) is 3.91. The topological polar surface area (TPSA) is 12.0 Å². The van der Waals surface area contributed by atoms with E-state index >= 15 is 0 Å². The monoisotopic (exact) mass is 299 g/mol. The number of rotatable bonds is 9. The fourth-order valence-corrected chi connectivity index (χ4v) is 3.17. The Morgan fingerprint density at radius 1 is 1.16 bits per heavy atom. The van der Waals surface area contributed by atoms with Crippen LogP contribution in [-0.4, -0.2) is 18.3 Å². The van der Waals surface area contributed by atoms with Crippen LogP contribution in [0.5, 0.6) is 0 Å². The number of hydrogen-bond donors (Lipinski definition) is 1. The molecule has 0 radical (unpaired) electrons. The van der Waals surface area contributed by atoms with Crippen LogP contribution >= 0.6 is 23.4 Å². The summed E-state index contributed by atoms with van der Waals surface area (Å²) < 4.78 is 0. The van der Waals surface area contributed by atoms with E-state index in [4.69, 9.17) is 11.6 Å². The van der Waals surface area contributed by atoms with Gasteiger partial charge in [-0.2, -0.15) is 0 Å². The van der Waals surface area contributed by atoms with Crippen LogP contribution in [0.3, 0.4) is 0 Å². The second-order valence-corrected chi connectivity index (χ2v) is 6.87. The molecular weight excluding hydrogens is 274 g/mol. The van der Waals surface area contributed by atoms with Gasteiger partial charge in [0, 0.05) is 21.7 Å². The van der Waals surface area contributed by atoms with Crippen molar-refractivity contribution >= 4 is 23.4 Å². The van der Waals surface area contributed by atoms with Gasteiger partial charge in [0.15, 0.2) is 0 Å². The van der Waals surface area contributed by atoms with Crippen LogP contribution in [0.1, 0.15) is 40.0 Å². The van der Waals surface area contributed by atoms with Crippen LogP contribution in [-0.2, 0) is 0 Å². The summed E-state index contributed by atoms with van der Waals surface area (Å²) in [6.45, 7) is 7.82. The summed E-state index contributed by atoms with van der Waals surface area (Å²) >= 11 is 7.82. The maximum absolute atomic E-state index is 5.90. The standard InChI is InChI=1S/C16H26ClNS/c1-4-18-15(7-5-6-13(2)3)12-19-16-10-8-14(17)9-11-16/h8-11,13,15,18H,4-7,12H2,1-3H3. The third-order valence-electron chi connectivity index (χ3n) is 3.09. The minimum atomic E-state index is 0.615. The highest BCUT2D eigenvalue weighted by Crippen LogP contribution is 2.22. The molecule has 0 bridgehead atoms. The molecule has 1 N–H and O–H groups in total. The van der Waals surface area contributed by atoms with Gasteiger partial charge in [-0.25, -0.2) is 0 Å². The van der Waals surface area contributed by atoms with Crippen molar-refractivity contribution in [1.82, 2.24) is 5.32 Å². The third-order valence-corrected chi connectivity index (χ3v) is 4.52. The van der Waals surface area contributed by atoms with E-state index in [0.717, 1.165) is 23.2 Å². The van der Waals surface area contributed by atoms with Crippen molar-refractivity contribution in [3.63, 3.8) is 0 Å². The second kappa shape index (κ2) is 9.68. The minimum Gasteiger partial charge on any atom is -0.313 e. The van der Waals surface area contributed by atoms with Gasteiger partial charge in [0.1, 0.15) is 0 Å². The molecule has 1 unspecified atom stereocenters. The Bertz CT molecular complexity index is 337. The van der Waals surface area contributed by atoms with Crippen LogP contribution < -0.4 is 5.32 Å². The summed E-state index contributed by atoms with van der Waals surface area (Å²) in [7, 11) is 0. The molecule has 0 heterocycles. The van der Waals surface area contributed by atoms with Crippen molar-refractivity contribution in [1.29, 1.82) is 0 Å². The van der Waals surface area contributed by atoms with E-state index in [1.54, 1.807) is 0 Å². The molecule has 1 atom stereocenters. The molecule has 0 saturated carbocycles. The summed E-state index contributed by atoms with van der Waals surface area (Å²) in [5.74, 6) is 1.94. The number of halogens is 1. The Morgan fingerprint density at radius 2 is 1.84 bits per heavy atom. The molecule has 1 aromatic carbocycles. The summed E-state index contributed by atoms with van der Waals surface area (Å²) in [5, 5.41) is 4.40. The van der Waals surface area contributed by atoms with Gasteiger partial charge in [-0.05, 0) is 43.1 Å². The molecule has 0 aliphatic carbocycles. The zero-order chi connectivity index (χ0) is 14.1. The van der Waals surface area contributed by atoms with Crippen LogP contribution in [0, 0.1) is 5.92 Å². The zero-order valence-electron chi connectivity index (χ0n) is 12.3. The lowest BCUT2D eigenvalue weighted by Crippen LogP contribution is -2.31. The minimum absolute atomic E-state index is 0.615. The third kappa shape index (κ3) is 7.86. The van der Waals surface area contributed by atoms with E-state index in [9.17, 15) is 0 Å². The SMILES string of the molecule is CCNC(CCCC(C)C)CSc1ccc(Cl)cc1. The Labute approximate surface area is 127 Å². The van der Waals surface area contributed by atoms with E-state index in [0.29, 0.717) is 6.04 Å². The first kappa shape index (κ1) is 16.9. The first-order valence-corrected chi connectivity index (χ1v) is 8.60. The second-order valence-electron chi connectivity index (χ2n) is 5.34. The van der Waals surface area contributed by atoms with E-state index in [1.807, 2.05) is 23.9 Å². The van der Waals surface area contributed by atoms with Gasteiger partial charge in [0.05, 0.1) is 0 Å². The molecular formula is C16H26ClNS. The lowest BCUT2D eigenvalue weighted by Gasteiger charge is -2.18. The average Bonchev–Trinajstić information content (AvgIpc) is 2.37. The predicted octanol–water partition coefficient (Wildman–Crippen LogP) is 5.24. The van der Waals surface area contributed by atoms with E-state index in [1.165, 1.54) is 24.2 Å². The molecule has 108 valence electrons. The van der Waals surface area contributed by atoms with Crippen molar-refractivity contribution in [3.05, 3.63) is 29.3 Å². The highest BCUT2D eigenvalue weighted by atomic mass is 35.5. The summed E-state index contributed by atoms with van der Waals surface area (Å²) in [4.78, 5) is 1.30. The van der Waals surface area contributed by atoms with Crippen LogP contribution in [0.25, 0.3) is 0 Å². The molecule has 0 spiro atoms. The molecule has 1 rings (SSSR count). The molecule has 3 heteroatoms. The van der Waals surface area contributed by atoms with Crippen LogP contribution in [0.2, 0.25) is 5.02 Å². The Kier molecular flexibility index (Phi) is 8.60. The number of hydrogen-bond acceptors (Lipinski definition) is 2. The quantitative estimate of drug-likeness (QED) is 0.626. The van der Waals surface area contributed by atoms with Crippen molar-refractivity contribution in [2.24, 2.45) is 5.92 Å². The molecule has 0 saturated heterocycles. The maximum Gasteiger partial charge on any atom is 0.0406 e. The van der Waals surface area contributed by atoms with Gasteiger partial charge in [0.25, 0.3) is 0 Å². The Hall–Kier alpha value is -0.180. The van der Waals surface area contributed by atoms with Gasteiger partial charge < -0.3 is 5.32 Å². The first-order chi connectivity index (χ1) is 9.11. The fraction of sp³-hybridized carbons (Fsp3) is 0.625. The molecule has 1 nitrogen and oxygen atoms in total. The predicted molar refractivity (Wildman–Crippen MR) is 88.3 cm³/mol. The molecule has 19 heavy (non-hydrogen) atoms. The van der Waals surface area contributed by atoms with Crippen molar-refractivity contribution < 1.29 is 0 Å². The highest BCUT2D eigenvalue weighted by Gasteiger charge is 2.08. The molecule has 0 fully saturated rings. The largest absolute Gasteiger partial charge is 0.313 e. The van der Waals surface area contributed by atoms with Gasteiger partial charge in [-0.3, -0.25) is 0 Å². The lowest BCUT2D eigenvalue weighted by molar-refractivity contribution is 0.469. The average molecular weight is 300 g/mol. The fourth-order valence-electron chi connectivity index (χ4n) is 2.03. The number of nitrogens with one attached hydrogen (secondary N) is 1. The van der Waals surface area contributed by atoms with E-state index in [-0.39, 0.29) is 0 Å². The van der Waals surface area contributed by atoms with Crippen LogP contribution in [0.15, 0.2) is 29.2 Å². The highest BCUT2D eigenvalue weighted by molar-refractivity contribution is 7.99. The molecule has 0 aliphatic heterocycles. The Balaban J connectivity index is 2.33. The van der Waals surface area contributed by atoms with E-state index in [2.05, 4.69) is 38.2 Å². The van der Waals surface area contributed by atoms with Crippen molar-refractivity contribution in [2.75, 3.05) is 12.3 Å². The van der Waals surface area contributed by atoms with Crippen LogP contribution in [0.4, 0.5) is 0 Å². The van der Waals surface area contributed by atoms with Crippen molar-refractivity contribution in [2.45, 2.75) is 51.0 Å². The van der Waals surface area contributed by atoms with Gasteiger partial charge in [0.2, 0.25) is 0 Å². The normalized spacial score (nSPS) is 12.9. The lowest BCUT2D eigenvalue weighted by atomic mass is 10.0. The van der Waals surface area contributed by atoms with Gasteiger partial charge in [-0.15, -0.1) is 11.8 Å². The van der Waals surface area contributed by atoms with E-state index < -0.39 is 0 Å². The molecule has 0 aromatic heterocycles. The first-order valence-electron chi connectivity index (χ1n) is 7.23. The smallest absolute Gasteiger partial charge is 0.0406 e. The molecule has 1 aromatic rings. The summed E-state index contributed by atoms with van der Waals surface area (Å²) in [6, 6.07) is 8.74. The van der Waals surface area contributed by atoms with Crippen molar-refractivity contribution in [3.8, 4) is 0 Å². The molecule has 0 aliphatic rings. The summed E-state index contributed by atoms with van der Waals surface area (Å²) in [5.41, 5.74) is 0. The number of thioether (sulfide) groups is 1. The van der Waals surface area contributed by atoms with Gasteiger partial charge >= 0.3 is 0 Å². The number of benzene rings is 1. The Morgan fingerprint density at radius 3 is 2.42 bits per heavy atom. The molecule has 0 amide bonds.